The van der Waals surface area contributed by atoms with E-state index in [1.807, 2.05) is 20.8 Å². The lowest BCUT2D eigenvalue weighted by molar-refractivity contribution is 0.191. The van der Waals surface area contributed by atoms with Crippen LogP contribution >= 0.6 is 0 Å². The van der Waals surface area contributed by atoms with Crippen molar-refractivity contribution in [3.05, 3.63) is 52.2 Å². The molecule has 0 unspecified atom stereocenters. The zero-order valence-corrected chi connectivity index (χ0v) is 14.2. The van der Waals surface area contributed by atoms with E-state index < -0.39 is 6.10 Å². The minimum atomic E-state index is -0.867. The van der Waals surface area contributed by atoms with Crippen LogP contribution in [0, 0.1) is 5.82 Å². The molecule has 3 N–H and O–H groups in total. The number of hydrogen-bond acceptors (Lipinski definition) is 5. The summed E-state index contributed by atoms with van der Waals surface area (Å²) in [5.74, 6) is -0.125. The topological polar surface area (TPSA) is 95.8 Å². The first-order valence-corrected chi connectivity index (χ1v) is 7.91. The number of aromatic nitrogens is 4. The Morgan fingerprint density at radius 2 is 2.00 bits per heavy atom. The largest absolute Gasteiger partial charge is 0.387 e. The molecule has 1 aromatic carbocycles. The van der Waals surface area contributed by atoms with Gasteiger partial charge in [0.1, 0.15) is 11.2 Å². The van der Waals surface area contributed by atoms with Crippen LogP contribution in [0.4, 0.5) is 10.3 Å². The summed E-state index contributed by atoms with van der Waals surface area (Å²) in [6.07, 6.45) is 0.623. The van der Waals surface area contributed by atoms with Crippen molar-refractivity contribution >= 4 is 17.0 Å². The molecule has 3 aromatic rings. The predicted octanol–water partition coefficient (Wildman–Crippen LogP) is 2.16. The Labute approximate surface area is 143 Å². The van der Waals surface area contributed by atoms with Crippen molar-refractivity contribution in [1.82, 2.24) is 19.7 Å². The van der Waals surface area contributed by atoms with Crippen LogP contribution in [0.3, 0.4) is 0 Å². The van der Waals surface area contributed by atoms with Crippen LogP contribution in [-0.2, 0) is 5.54 Å². The van der Waals surface area contributed by atoms with Gasteiger partial charge in [-0.15, -0.1) is 0 Å². The molecule has 7 nitrogen and oxygen atoms in total. The normalized spacial score (nSPS) is 13.2. The lowest BCUT2D eigenvalue weighted by atomic mass is 10.1. The van der Waals surface area contributed by atoms with Gasteiger partial charge >= 0.3 is 0 Å². The van der Waals surface area contributed by atoms with E-state index in [-0.39, 0.29) is 29.4 Å². The number of nitrogens with one attached hydrogen (secondary N) is 2. The van der Waals surface area contributed by atoms with Crippen molar-refractivity contribution in [1.29, 1.82) is 0 Å². The Kier molecular flexibility index (Phi) is 4.30. The summed E-state index contributed by atoms with van der Waals surface area (Å²) in [5, 5.41) is 17.7. The van der Waals surface area contributed by atoms with Crippen molar-refractivity contribution in [2.75, 3.05) is 11.9 Å². The van der Waals surface area contributed by atoms with Crippen molar-refractivity contribution in [2.45, 2.75) is 32.4 Å². The highest BCUT2D eigenvalue weighted by atomic mass is 19.1. The Hall–Kier alpha value is -2.74. The number of halogens is 1. The van der Waals surface area contributed by atoms with Crippen LogP contribution in [0.2, 0.25) is 0 Å². The van der Waals surface area contributed by atoms with E-state index in [0.29, 0.717) is 16.6 Å². The maximum absolute atomic E-state index is 12.9. The average Bonchev–Trinajstić information content (AvgIpc) is 2.98. The van der Waals surface area contributed by atoms with E-state index in [0.717, 1.165) is 0 Å². The fraction of sp³-hybridized carbons (Fsp3) is 0.353. The van der Waals surface area contributed by atoms with Crippen molar-refractivity contribution in [3.8, 4) is 0 Å². The Morgan fingerprint density at radius 3 is 2.64 bits per heavy atom. The molecule has 3 rings (SSSR count). The van der Waals surface area contributed by atoms with Crippen LogP contribution in [0.5, 0.6) is 0 Å². The summed E-state index contributed by atoms with van der Waals surface area (Å²) in [6, 6.07) is 5.59. The third kappa shape index (κ3) is 3.53. The molecule has 2 aromatic heterocycles. The number of aliphatic hydroxyl groups excluding tert-OH is 1. The number of anilines is 1. The third-order valence-electron chi connectivity index (χ3n) is 3.79. The van der Waals surface area contributed by atoms with E-state index in [2.05, 4.69) is 20.4 Å². The van der Waals surface area contributed by atoms with Crippen LogP contribution < -0.4 is 10.9 Å². The fourth-order valence-corrected chi connectivity index (χ4v) is 2.49. The maximum Gasteiger partial charge on any atom is 0.263 e. The van der Waals surface area contributed by atoms with Gasteiger partial charge in [-0.1, -0.05) is 12.1 Å². The SMILES string of the molecule is CC(C)(C)n1ncc2c(=O)[nH]c(NC[C@H](O)c3ccc(F)cc3)nc21. The number of benzene rings is 1. The van der Waals surface area contributed by atoms with Gasteiger partial charge in [0.15, 0.2) is 5.65 Å². The van der Waals surface area contributed by atoms with Crippen LogP contribution in [-0.4, -0.2) is 31.4 Å². The molecule has 0 fully saturated rings. The minimum absolute atomic E-state index is 0.115. The standard InChI is InChI=1S/C17H20FN5O2/c1-17(2,3)23-14-12(8-20-23)15(25)22-16(21-14)19-9-13(24)10-4-6-11(18)7-5-10/h4-8,13,24H,9H2,1-3H3,(H2,19,21,22,25)/t13-/m0/s1. The number of nitrogens with zero attached hydrogens (tertiary/aromatic N) is 3. The molecular weight excluding hydrogens is 325 g/mol. The number of H-pyrrole nitrogens is 1. The summed E-state index contributed by atoms with van der Waals surface area (Å²) >= 11 is 0. The molecule has 0 amide bonds. The molecule has 0 aliphatic carbocycles. The van der Waals surface area contributed by atoms with Gasteiger partial charge < -0.3 is 10.4 Å². The van der Waals surface area contributed by atoms with Crippen LogP contribution in [0.1, 0.15) is 32.4 Å². The van der Waals surface area contributed by atoms with Gasteiger partial charge in [0.2, 0.25) is 5.95 Å². The Balaban J connectivity index is 1.84. The smallest absolute Gasteiger partial charge is 0.263 e. The lowest BCUT2D eigenvalue weighted by Crippen LogP contribution is -2.24. The molecular formula is C17H20FN5O2. The van der Waals surface area contributed by atoms with Gasteiger partial charge in [-0.3, -0.25) is 9.78 Å². The summed E-state index contributed by atoms with van der Waals surface area (Å²) in [4.78, 5) is 19.2. The zero-order chi connectivity index (χ0) is 18.2. The van der Waals surface area contributed by atoms with E-state index >= 15 is 0 Å². The summed E-state index contributed by atoms with van der Waals surface area (Å²) in [5.41, 5.74) is 0.402. The molecule has 25 heavy (non-hydrogen) atoms. The number of aromatic amines is 1. The van der Waals surface area contributed by atoms with Crippen LogP contribution in [0.25, 0.3) is 11.0 Å². The van der Waals surface area contributed by atoms with E-state index in [1.54, 1.807) is 4.68 Å². The van der Waals surface area contributed by atoms with Gasteiger partial charge in [-0.05, 0) is 38.5 Å². The number of rotatable bonds is 4. The first kappa shape index (κ1) is 17.1. The van der Waals surface area contributed by atoms with Gasteiger partial charge in [-0.25, -0.2) is 9.07 Å². The minimum Gasteiger partial charge on any atom is -0.387 e. The first-order valence-electron chi connectivity index (χ1n) is 7.91. The Bertz CT molecular complexity index is 940. The first-order chi connectivity index (χ1) is 11.8. The van der Waals surface area contributed by atoms with E-state index in [1.165, 1.54) is 30.5 Å². The molecule has 0 saturated heterocycles. The van der Waals surface area contributed by atoms with E-state index in [4.69, 9.17) is 0 Å². The molecule has 132 valence electrons. The molecule has 0 saturated carbocycles. The molecule has 2 heterocycles. The summed E-state index contributed by atoms with van der Waals surface area (Å²) < 4.78 is 14.6. The van der Waals surface area contributed by atoms with Gasteiger partial charge in [0.25, 0.3) is 5.56 Å². The highest BCUT2D eigenvalue weighted by Gasteiger charge is 2.20. The quantitative estimate of drug-likeness (QED) is 0.673. The molecule has 0 spiro atoms. The van der Waals surface area contributed by atoms with Gasteiger partial charge in [0.05, 0.1) is 17.8 Å². The second-order valence-electron chi connectivity index (χ2n) is 6.83. The van der Waals surface area contributed by atoms with E-state index in [9.17, 15) is 14.3 Å². The third-order valence-corrected chi connectivity index (χ3v) is 3.79. The highest BCUT2D eigenvalue weighted by Crippen LogP contribution is 2.19. The van der Waals surface area contributed by atoms with Crippen LogP contribution in [0.15, 0.2) is 35.3 Å². The van der Waals surface area contributed by atoms with Crippen molar-refractivity contribution in [2.24, 2.45) is 0 Å². The maximum atomic E-state index is 12.9. The number of hydrogen-bond donors (Lipinski definition) is 3. The molecule has 0 radical (unpaired) electrons. The lowest BCUT2D eigenvalue weighted by Gasteiger charge is -2.20. The van der Waals surface area contributed by atoms with Crippen molar-refractivity contribution in [3.63, 3.8) is 0 Å². The molecule has 1 atom stereocenters. The predicted molar refractivity (Wildman–Crippen MR) is 93.0 cm³/mol. The van der Waals surface area contributed by atoms with Gasteiger partial charge in [-0.2, -0.15) is 10.1 Å². The molecule has 8 heteroatoms. The highest BCUT2D eigenvalue weighted by molar-refractivity contribution is 5.74. The number of fused-ring (bicyclic) bond motifs is 1. The molecule has 0 aliphatic heterocycles. The fourth-order valence-electron chi connectivity index (χ4n) is 2.49. The molecule has 0 bridgehead atoms. The second kappa shape index (κ2) is 6.29. The number of aliphatic hydroxyl groups is 1. The zero-order valence-electron chi connectivity index (χ0n) is 14.2. The summed E-state index contributed by atoms with van der Waals surface area (Å²) in [6.45, 7) is 6.01. The summed E-state index contributed by atoms with van der Waals surface area (Å²) in [7, 11) is 0. The second-order valence-corrected chi connectivity index (χ2v) is 6.83. The Morgan fingerprint density at radius 1 is 1.32 bits per heavy atom. The average molecular weight is 345 g/mol. The molecule has 0 aliphatic rings. The van der Waals surface area contributed by atoms with Crippen molar-refractivity contribution < 1.29 is 9.50 Å². The monoisotopic (exact) mass is 345 g/mol. The van der Waals surface area contributed by atoms with Gasteiger partial charge in [0, 0.05) is 6.54 Å².